The highest BCUT2D eigenvalue weighted by Crippen LogP contribution is 2.29. The molecule has 5 heteroatoms. The first-order valence-electron chi connectivity index (χ1n) is 5.84. The molecule has 0 aromatic rings. The van der Waals surface area contributed by atoms with E-state index >= 15 is 0 Å². The maximum Gasteiger partial charge on any atom is 0.253 e. The van der Waals surface area contributed by atoms with E-state index in [1.807, 2.05) is 4.90 Å². The minimum Gasteiger partial charge on any atom is -0.366 e. The number of carbonyl (C=O) groups is 1. The van der Waals surface area contributed by atoms with Crippen molar-refractivity contribution in [1.82, 2.24) is 10.2 Å². The van der Waals surface area contributed by atoms with Gasteiger partial charge in [-0.25, -0.2) is 0 Å². The summed E-state index contributed by atoms with van der Waals surface area (Å²) in [5.41, 5.74) is 0. The zero-order valence-electron chi connectivity index (χ0n) is 9.94. The number of halogens is 1. The molecule has 0 aromatic carbocycles. The quantitative estimate of drug-likeness (QED) is 0.803. The van der Waals surface area contributed by atoms with E-state index < -0.39 is 0 Å². The van der Waals surface area contributed by atoms with Crippen LogP contribution in [0, 0.1) is 0 Å². The van der Waals surface area contributed by atoms with E-state index in [0.29, 0.717) is 19.2 Å². The second-order valence-electron chi connectivity index (χ2n) is 4.63. The lowest BCUT2D eigenvalue weighted by Crippen LogP contribution is -2.52. The number of rotatable bonds is 3. The standard InChI is InChI=1S/C11H20N2O2.ClH/c1-8(2)13(9-3-4-9)11(14)10-7-12-5-6-15-10;/h8-10,12H,3-7H2,1-2H3;1H/t10-;/m1./s1. The summed E-state index contributed by atoms with van der Waals surface area (Å²) in [7, 11) is 0. The second kappa shape index (κ2) is 5.84. The number of hydrogen-bond donors (Lipinski definition) is 1. The van der Waals surface area contributed by atoms with Gasteiger partial charge in [0.1, 0.15) is 6.10 Å². The summed E-state index contributed by atoms with van der Waals surface area (Å²) in [5.74, 6) is 0.166. The Labute approximate surface area is 103 Å². The highest BCUT2D eigenvalue weighted by molar-refractivity contribution is 5.85. The van der Waals surface area contributed by atoms with Crippen LogP contribution in [0.2, 0.25) is 0 Å². The minimum absolute atomic E-state index is 0. The lowest BCUT2D eigenvalue weighted by molar-refractivity contribution is -0.147. The summed E-state index contributed by atoms with van der Waals surface area (Å²) >= 11 is 0. The number of ether oxygens (including phenoxy) is 1. The molecule has 16 heavy (non-hydrogen) atoms. The SMILES string of the molecule is CC(C)N(C(=O)[C@H]1CNCCO1)C1CC1.Cl. The van der Waals surface area contributed by atoms with Gasteiger partial charge in [0, 0.05) is 25.2 Å². The van der Waals surface area contributed by atoms with Crippen molar-refractivity contribution in [2.75, 3.05) is 19.7 Å². The van der Waals surface area contributed by atoms with Gasteiger partial charge in [0.05, 0.1) is 6.61 Å². The third-order valence-electron chi connectivity index (χ3n) is 2.95. The Bertz CT molecular complexity index is 236. The Morgan fingerprint density at radius 3 is 2.56 bits per heavy atom. The van der Waals surface area contributed by atoms with Crippen molar-refractivity contribution in [1.29, 1.82) is 0 Å². The first-order chi connectivity index (χ1) is 7.20. The second-order valence-corrected chi connectivity index (χ2v) is 4.63. The monoisotopic (exact) mass is 248 g/mol. The van der Waals surface area contributed by atoms with E-state index in [0.717, 1.165) is 19.4 Å². The Morgan fingerprint density at radius 1 is 1.44 bits per heavy atom. The highest BCUT2D eigenvalue weighted by atomic mass is 35.5. The fourth-order valence-corrected chi connectivity index (χ4v) is 2.10. The molecule has 0 unspecified atom stereocenters. The van der Waals surface area contributed by atoms with Crippen molar-refractivity contribution < 1.29 is 9.53 Å². The van der Waals surface area contributed by atoms with E-state index in [9.17, 15) is 4.79 Å². The Kier molecular flexibility index (Phi) is 5.02. The highest BCUT2D eigenvalue weighted by Gasteiger charge is 2.38. The van der Waals surface area contributed by atoms with Crippen LogP contribution >= 0.6 is 12.4 Å². The predicted octanol–water partition coefficient (Wildman–Crippen LogP) is 0.796. The van der Waals surface area contributed by atoms with Crippen LogP contribution in [-0.4, -0.2) is 48.7 Å². The van der Waals surface area contributed by atoms with E-state index in [-0.39, 0.29) is 30.5 Å². The summed E-state index contributed by atoms with van der Waals surface area (Å²) in [6.07, 6.45) is 2.05. The molecule has 2 aliphatic rings. The molecule has 1 aliphatic heterocycles. The van der Waals surface area contributed by atoms with Gasteiger partial charge in [-0.3, -0.25) is 4.79 Å². The molecule has 1 amide bonds. The van der Waals surface area contributed by atoms with Crippen LogP contribution in [0.4, 0.5) is 0 Å². The number of hydrogen-bond acceptors (Lipinski definition) is 3. The number of nitrogens with one attached hydrogen (secondary N) is 1. The van der Waals surface area contributed by atoms with Crippen molar-refractivity contribution in [3.8, 4) is 0 Å². The fraction of sp³-hybridized carbons (Fsp3) is 0.909. The molecule has 2 rings (SSSR count). The summed E-state index contributed by atoms with van der Waals surface area (Å²) < 4.78 is 5.50. The normalized spacial score (nSPS) is 25.1. The molecule has 1 saturated heterocycles. The van der Waals surface area contributed by atoms with Gasteiger partial charge >= 0.3 is 0 Å². The number of nitrogens with zero attached hydrogens (tertiary/aromatic N) is 1. The van der Waals surface area contributed by atoms with Gasteiger partial charge in [0.15, 0.2) is 0 Å². The Balaban J connectivity index is 0.00000128. The summed E-state index contributed by atoms with van der Waals surface area (Å²) in [6, 6.07) is 0.763. The Hall–Kier alpha value is -0.320. The molecule has 1 aliphatic carbocycles. The van der Waals surface area contributed by atoms with Crippen molar-refractivity contribution in [3.63, 3.8) is 0 Å². The van der Waals surface area contributed by atoms with Crippen LogP contribution in [0.5, 0.6) is 0 Å². The van der Waals surface area contributed by atoms with E-state index in [1.165, 1.54) is 0 Å². The molecule has 0 spiro atoms. The Morgan fingerprint density at radius 2 is 2.12 bits per heavy atom. The molecule has 0 bridgehead atoms. The molecule has 2 fully saturated rings. The van der Waals surface area contributed by atoms with Crippen LogP contribution in [0.3, 0.4) is 0 Å². The van der Waals surface area contributed by atoms with Crippen molar-refractivity contribution >= 4 is 18.3 Å². The van der Waals surface area contributed by atoms with Crippen LogP contribution in [0.25, 0.3) is 0 Å². The van der Waals surface area contributed by atoms with Crippen LogP contribution in [-0.2, 0) is 9.53 Å². The molecule has 4 nitrogen and oxygen atoms in total. The van der Waals surface area contributed by atoms with Gasteiger partial charge in [-0.15, -0.1) is 12.4 Å². The van der Waals surface area contributed by atoms with Gasteiger partial charge in [-0.1, -0.05) is 0 Å². The van der Waals surface area contributed by atoms with E-state index in [1.54, 1.807) is 0 Å². The zero-order valence-corrected chi connectivity index (χ0v) is 10.8. The minimum atomic E-state index is -0.262. The maximum absolute atomic E-state index is 12.2. The molecule has 1 saturated carbocycles. The average Bonchev–Trinajstić information content (AvgIpc) is 3.03. The summed E-state index contributed by atoms with van der Waals surface area (Å²) in [5, 5.41) is 3.20. The molecule has 1 atom stereocenters. The first kappa shape index (κ1) is 13.7. The predicted molar refractivity (Wildman–Crippen MR) is 64.9 cm³/mol. The van der Waals surface area contributed by atoms with E-state index in [4.69, 9.17) is 4.74 Å². The van der Waals surface area contributed by atoms with Crippen molar-refractivity contribution in [2.24, 2.45) is 0 Å². The fourth-order valence-electron chi connectivity index (χ4n) is 2.10. The van der Waals surface area contributed by atoms with Crippen LogP contribution < -0.4 is 5.32 Å². The first-order valence-corrected chi connectivity index (χ1v) is 5.84. The third-order valence-corrected chi connectivity index (χ3v) is 2.95. The van der Waals surface area contributed by atoms with Crippen molar-refractivity contribution in [2.45, 2.75) is 44.9 Å². The van der Waals surface area contributed by atoms with Gasteiger partial charge in [0.25, 0.3) is 5.91 Å². The topological polar surface area (TPSA) is 41.6 Å². The number of morpholine rings is 1. The molecule has 1 heterocycles. The van der Waals surface area contributed by atoms with Gasteiger partial charge in [-0.2, -0.15) is 0 Å². The largest absolute Gasteiger partial charge is 0.366 e. The lowest BCUT2D eigenvalue weighted by Gasteiger charge is -2.32. The van der Waals surface area contributed by atoms with Crippen molar-refractivity contribution in [3.05, 3.63) is 0 Å². The summed E-state index contributed by atoms with van der Waals surface area (Å²) in [6.45, 7) is 6.32. The van der Waals surface area contributed by atoms with E-state index in [2.05, 4.69) is 19.2 Å². The molecule has 94 valence electrons. The smallest absolute Gasteiger partial charge is 0.253 e. The van der Waals surface area contributed by atoms with Gasteiger partial charge < -0.3 is 15.0 Å². The van der Waals surface area contributed by atoms with Crippen LogP contribution in [0.1, 0.15) is 26.7 Å². The van der Waals surface area contributed by atoms with Gasteiger partial charge in [-0.05, 0) is 26.7 Å². The molecular weight excluding hydrogens is 228 g/mol. The van der Waals surface area contributed by atoms with Gasteiger partial charge in [0.2, 0.25) is 0 Å². The molecule has 1 N–H and O–H groups in total. The molecular formula is C11H21ClN2O2. The number of carbonyl (C=O) groups excluding carboxylic acids is 1. The number of amides is 1. The zero-order chi connectivity index (χ0) is 10.8. The third kappa shape index (κ3) is 3.09. The van der Waals surface area contributed by atoms with Crippen LogP contribution in [0.15, 0.2) is 0 Å². The lowest BCUT2D eigenvalue weighted by atomic mass is 10.2. The average molecular weight is 249 g/mol. The summed E-state index contributed by atoms with van der Waals surface area (Å²) in [4.78, 5) is 14.2. The molecule has 0 radical (unpaired) electrons. The molecule has 0 aromatic heterocycles. The maximum atomic E-state index is 12.2.